The van der Waals surface area contributed by atoms with E-state index in [0.29, 0.717) is 26.1 Å². The summed E-state index contributed by atoms with van der Waals surface area (Å²) in [6.07, 6.45) is 2.65. The molecule has 4 rings (SSSR count). The van der Waals surface area contributed by atoms with Crippen molar-refractivity contribution in [2.45, 2.75) is 19.4 Å². The number of likely N-dealkylation sites (tertiary alicyclic amines) is 1. The van der Waals surface area contributed by atoms with E-state index in [9.17, 15) is 9.59 Å². The van der Waals surface area contributed by atoms with Gasteiger partial charge in [0.05, 0.1) is 18.2 Å². The van der Waals surface area contributed by atoms with Gasteiger partial charge in [0.25, 0.3) is 0 Å². The highest BCUT2D eigenvalue weighted by atomic mass is 16.7. The summed E-state index contributed by atoms with van der Waals surface area (Å²) in [6.45, 7) is 1.65. The van der Waals surface area contributed by atoms with E-state index in [1.54, 1.807) is 11.1 Å². The summed E-state index contributed by atoms with van der Waals surface area (Å²) >= 11 is 0. The number of pyridine rings is 1. The minimum atomic E-state index is -0.307. The standard InChI is InChI=1S/C20H21N3O4/c24-19-10-15(11-23(19)12-16-3-1-2-7-21-16)20(25)22-8-6-14-4-5-17-18(9-14)27-13-26-17/h1-5,7,9,15H,6,8,10-13H2,(H,22,25)/t15-/m1/s1. The van der Waals surface area contributed by atoms with Gasteiger partial charge in [0.1, 0.15) is 0 Å². The molecule has 1 aromatic heterocycles. The molecule has 1 saturated heterocycles. The molecule has 7 nitrogen and oxygen atoms in total. The first kappa shape index (κ1) is 17.3. The molecule has 1 fully saturated rings. The Morgan fingerprint density at radius 2 is 2.11 bits per heavy atom. The van der Waals surface area contributed by atoms with Gasteiger partial charge in [-0.25, -0.2) is 0 Å². The highest BCUT2D eigenvalue weighted by Crippen LogP contribution is 2.32. The SMILES string of the molecule is O=C(NCCc1ccc2c(c1)OCO2)[C@@H]1CC(=O)N(Cc2ccccn2)C1. The van der Waals surface area contributed by atoms with Crippen molar-refractivity contribution in [2.75, 3.05) is 19.9 Å². The normalized spacial score (nSPS) is 18.0. The number of aromatic nitrogens is 1. The fraction of sp³-hybridized carbons (Fsp3) is 0.350. The van der Waals surface area contributed by atoms with Crippen LogP contribution in [0, 0.1) is 5.92 Å². The second-order valence-corrected chi connectivity index (χ2v) is 6.73. The molecule has 2 aromatic rings. The molecule has 1 aromatic carbocycles. The van der Waals surface area contributed by atoms with Crippen LogP contribution in [0.1, 0.15) is 17.7 Å². The van der Waals surface area contributed by atoms with Crippen LogP contribution in [0.2, 0.25) is 0 Å². The van der Waals surface area contributed by atoms with Crippen LogP contribution in [-0.2, 0) is 22.6 Å². The van der Waals surface area contributed by atoms with Crippen molar-refractivity contribution in [1.82, 2.24) is 15.2 Å². The summed E-state index contributed by atoms with van der Waals surface area (Å²) in [6, 6.07) is 11.4. The molecule has 0 aliphatic carbocycles. The predicted octanol–water partition coefficient (Wildman–Crippen LogP) is 1.52. The van der Waals surface area contributed by atoms with Gasteiger partial charge in [-0.1, -0.05) is 12.1 Å². The second kappa shape index (κ2) is 7.65. The van der Waals surface area contributed by atoms with Crippen molar-refractivity contribution in [3.05, 3.63) is 53.9 Å². The van der Waals surface area contributed by atoms with E-state index < -0.39 is 0 Å². The van der Waals surface area contributed by atoms with Gasteiger partial charge in [-0.3, -0.25) is 14.6 Å². The molecule has 2 amide bonds. The van der Waals surface area contributed by atoms with E-state index in [1.165, 1.54) is 0 Å². The molecule has 0 unspecified atom stereocenters. The fourth-order valence-electron chi connectivity index (χ4n) is 3.36. The zero-order chi connectivity index (χ0) is 18.6. The summed E-state index contributed by atoms with van der Waals surface area (Å²) in [5.74, 6) is 1.10. The molecule has 140 valence electrons. The van der Waals surface area contributed by atoms with Crippen LogP contribution in [0.5, 0.6) is 11.5 Å². The smallest absolute Gasteiger partial charge is 0.231 e. The minimum Gasteiger partial charge on any atom is -0.454 e. The third-order valence-electron chi connectivity index (χ3n) is 4.81. The van der Waals surface area contributed by atoms with Crippen molar-refractivity contribution >= 4 is 11.8 Å². The molecule has 0 saturated carbocycles. The number of carbonyl (C=O) groups is 2. The van der Waals surface area contributed by atoms with Gasteiger partial charge in [-0.05, 0) is 36.2 Å². The first-order chi connectivity index (χ1) is 13.2. The van der Waals surface area contributed by atoms with Gasteiger partial charge in [-0.15, -0.1) is 0 Å². The lowest BCUT2D eigenvalue weighted by Crippen LogP contribution is -2.34. The number of benzene rings is 1. The maximum atomic E-state index is 12.4. The predicted molar refractivity (Wildman–Crippen MR) is 97.0 cm³/mol. The van der Waals surface area contributed by atoms with Gasteiger partial charge >= 0.3 is 0 Å². The summed E-state index contributed by atoms with van der Waals surface area (Å²) < 4.78 is 10.7. The monoisotopic (exact) mass is 367 g/mol. The molecule has 27 heavy (non-hydrogen) atoms. The first-order valence-corrected chi connectivity index (χ1v) is 9.03. The topological polar surface area (TPSA) is 80.8 Å². The van der Waals surface area contributed by atoms with E-state index in [4.69, 9.17) is 9.47 Å². The molecule has 2 aliphatic rings. The zero-order valence-electron chi connectivity index (χ0n) is 14.9. The number of nitrogens with one attached hydrogen (secondary N) is 1. The maximum Gasteiger partial charge on any atom is 0.231 e. The van der Waals surface area contributed by atoms with Crippen LogP contribution in [0.25, 0.3) is 0 Å². The average molecular weight is 367 g/mol. The molecule has 3 heterocycles. The Balaban J connectivity index is 1.26. The number of hydrogen-bond acceptors (Lipinski definition) is 5. The Labute approximate surface area is 157 Å². The van der Waals surface area contributed by atoms with Crippen LogP contribution < -0.4 is 14.8 Å². The lowest BCUT2D eigenvalue weighted by molar-refractivity contribution is -0.129. The van der Waals surface area contributed by atoms with Crippen LogP contribution >= 0.6 is 0 Å². The van der Waals surface area contributed by atoms with E-state index >= 15 is 0 Å². The molecule has 0 radical (unpaired) electrons. The highest BCUT2D eigenvalue weighted by Gasteiger charge is 2.34. The summed E-state index contributed by atoms with van der Waals surface area (Å²) in [7, 11) is 0. The Morgan fingerprint density at radius 3 is 2.96 bits per heavy atom. The highest BCUT2D eigenvalue weighted by molar-refractivity contribution is 5.89. The van der Waals surface area contributed by atoms with Gasteiger partial charge < -0.3 is 19.7 Å². The van der Waals surface area contributed by atoms with Crippen molar-refractivity contribution < 1.29 is 19.1 Å². The number of ether oxygens (including phenoxy) is 2. The van der Waals surface area contributed by atoms with E-state index in [1.807, 2.05) is 36.4 Å². The number of nitrogens with zero attached hydrogens (tertiary/aromatic N) is 2. The van der Waals surface area contributed by atoms with E-state index in [2.05, 4.69) is 10.3 Å². The minimum absolute atomic E-state index is 0.00317. The van der Waals surface area contributed by atoms with Crippen LogP contribution in [-0.4, -0.2) is 41.6 Å². The van der Waals surface area contributed by atoms with Gasteiger partial charge in [0.2, 0.25) is 18.6 Å². The Hall–Kier alpha value is -3.09. The number of amides is 2. The summed E-state index contributed by atoms with van der Waals surface area (Å²) in [5.41, 5.74) is 1.90. The molecular formula is C20H21N3O4. The van der Waals surface area contributed by atoms with Gasteiger partial charge in [0, 0.05) is 25.7 Å². The molecule has 2 aliphatic heterocycles. The van der Waals surface area contributed by atoms with Crippen molar-refractivity contribution in [2.24, 2.45) is 5.92 Å². The zero-order valence-corrected chi connectivity index (χ0v) is 14.9. The molecular weight excluding hydrogens is 346 g/mol. The average Bonchev–Trinajstić information content (AvgIpc) is 3.29. The van der Waals surface area contributed by atoms with Crippen LogP contribution in [0.3, 0.4) is 0 Å². The first-order valence-electron chi connectivity index (χ1n) is 9.03. The Morgan fingerprint density at radius 1 is 1.22 bits per heavy atom. The van der Waals surface area contributed by atoms with Crippen molar-refractivity contribution in [3.63, 3.8) is 0 Å². The van der Waals surface area contributed by atoms with Crippen molar-refractivity contribution in [1.29, 1.82) is 0 Å². The third-order valence-corrected chi connectivity index (χ3v) is 4.81. The maximum absolute atomic E-state index is 12.4. The third kappa shape index (κ3) is 4.02. The van der Waals surface area contributed by atoms with Crippen molar-refractivity contribution in [3.8, 4) is 11.5 Å². The molecule has 0 spiro atoms. The molecule has 7 heteroatoms. The van der Waals surface area contributed by atoms with E-state index in [0.717, 1.165) is 22.8 Å². The Bertz CT molecular complexity index is 840. The van der Waals surface area contributed by atoms with E-state index in [-0.39, 0.29) is 30.9 Å². The van der Waals surface area contributed by atoms with Gasteiger partial charge in [-0.2, -0.15) is 0 Å². The van der Waals surface area contributed by atoms with Gasteiger partial charge in [0.15, 0.2) is 11.5 Å². The molecule has 0 bridgehead atoms. The summed E-state index contributed by atoms with van der Waals surface area (Å²) in [5, 5.41) is 2.94. The number of hydrogen-bond donors (Lipinski definition) is 1. The largest absolute Gasteiger partial charge is 0.454 e. The molecule has 1 atom stereocenters. The quantitative estimate of drug-likeness (QED) is 0.837. The fourth-order valence-corrected chi connectivity index (χ4v) is 3.36. The van der Waals surface area contributed by atoms with Crippen LogP contribution in [0.15, 0.2) is 42.6 Å². The number of rotatable bonds is 6. The molecule has 1 N–H and O–H groups in total. The number of carbonyl (C=O) groups excluding carboxylic acids is 2. The second-order valence-electron chi connectivity index (χ2n) is 6.73. The number of fused-ring (bicyclic) bond motifs is 1. The lowest BCUT2D eigenvalue weighted by atomic mass is 10.1. The Kier molecular flexibility index (Phi) is 4.91. The van der Waals surface area contributed by atoms with Crippen LogP contribution in [0.4, 0.5) is 0 Å². The summed E-state index contributed by atoms with van der Waals surface area (Å²) in [4.78, 5) is 30.5. The lowest BCUT2D eigenvalue weighted by Gasteiger charge is -2.16.